The van der Waals surface area contributed by atoms with Crippen LogP contribution in [-0.4, -0.2) is 169 Å². The Morgan fingerprint density at radius 1 is 1.00 bits per heavy atom. The van der Waals surface area contributed by atoms with Crippen molar-refractivity contribution in [2.75, 3.05) is 65.8 Å². The first-order valence-corrected chi connectivity index (χ1v) is 12.5. The van der Waals surface area contributed by atoms with Crippen LogP contribution in [0.5, 0.6) is 0 Å². The summed E-state index contributed by atoms with van der Waals surface area (Å²) >= 11 is 0. The summed E-state index contributed by atoms with van der Waals surface area (Å²) < 4.78 is 32.5. The smallest absolute Gasteiger partial charge is 0.303 e. The zero-order valence-corrected chi connectivity index (χ0v) is 21.2. The molecule has 3 saturated heterocycles. The van der Waals surface area contributed by atoms with Crippen molar-refractivity contribution in [3.63, 3.8) is 0 Å². The summed E-state index contributed by atoms with van der Waals surface area (Å²) in [6.45, 7) is 3.83. The number of nitrogens with zero attached hydrogens (tertiary/aromatic N) is 4. The Morgan fingerprint density at radius 2 is 1.58 bits per heavy atom. The Labute approximate surface area is 219 Å². The predicted molar refractivity (Wildman–Crippen MR) is 128 cm³/mol. The van der Waals surface area contributed by atoms with Crippen molar-refractivity contribution < 1.29 is 58.7 Å². The number of hydrazone groups is 2. The average molecular weight is 551 g/mol. The van der Waals surface area contributed by atoms with Crippen LogP contribution < -0.4 is 0 Å². The van der Waals surface area contributed by atoms with E-state index in [2.05, 4.69) is 10.2 Å². The number of morpholine rings is 2. The van der Waals surface area contributed by atoms with E-state index in [1.54, 1.807) is 10.0 Å². The Kier molecular flexibility index (Phi) is 12.5. The molecule has 8 atom stereocenters. The molecule has 0 amide bonds. The van der Waals surface area contributed by atoms with Crippen LogP contribution in [0.15, 0.2) is 10.2 Å². The molecule has 5 N–H and O–H groups in total. The molecule has 3 aliphatic rings. The molecule has 0 aromatic rings. The average Bonchev–Trinajstić information content (AvgIpc) is 2.93. The highest BCUT2D eigenvalue weighted by Gasteiger charge is 2.48. The van der Waals surface area contributed by atoms with Gasteiger partial charge < -0.3 is 54.0 Å². The molecule has 3 aliphatic heterocycles. The highest BCUT2D eigenvalue weighted by molar-refractivity contribution is 5.66. The number of carbonyl (C=O) groups excluding carboxylic acids is 1. The molecule has 218 valence electrons. The molecule has 3 fully saturated rings. The van der Waals surface area contributed by atoms with E-state index >= 15 is 0 Å². The zero-order chi connectivity index (χ0) is 27.5. The van der Waals surface area contributed by atoms with E-state index in [4.69, 9.17) is 28.4 Å². The maximum atomic E-state index is 11.5. The van der Waals surface area contributed by atoms with Gasteiger partial charge in [-0.15, -0.1) is 0 Å². The summed E-state index contributed by atoms with van der Waals surface area (Å²) in [7, 11) is 0. The minimum absolute atomic E-state index is 0.462. The van der Waals surface area contributed by atoms with Gasteiger partial charge in [0.15, 0.2) is 18.7 Å². The third kappa shape index (κ3) is 9.04. The molecular formula is C22H38N4O12. The van der Waals surface area contributed by atoms with E-state index in [-0.39, 0.29) is 0 Å². The molecule has 16 nitrogen and oxygen atoms in total. The van der Waals surface area contributed by atoms with Crippen molar-refractivity contribution in [1.82, 2.24) is 10.0 Å². The van der Waals surface area contributed by atoms with Crippen LogP contribution in [-0.2, 0) is 33.2 Å². The van der Waals surface area contributed by atoms with E-state index in [0.29, 0.717) is 52.6 Å². The quantitative estimate of drug-likeness (QED) is 0.0895. The third-order valence-electron chi connectivity index (χ3n) is 5.99. The molecule has 0 aliphatic carbocycles. The molecule has 0 radical (unpaired) electrons. The number of rotatable bonds is 12. The minimum Gasteiger partial charge on any atom is -0.457 e. The maximum absolute atomic E-state index is 11.5. The van der Waals surface area contributed by atoms with E-state index in [9.17, 15) is 30.3 Å². The second-order valence-corrected chi connectivity index (χ2v) is 8.79. The highest BCUT2D eigenvalue weighted by atomic mass is 16.7. The van der Waals surface area contributed by atoms with Crippen molar-refractivity contribution in [3.05, 3.63) is 0 Å². The first-order chi connectivity index (χ1) is 18.3. The van der Waals surface area contributed by atoms with Crippen LogP contribution in [0.25, 0.3) is 0 Å². The fraction of sp³-hybridized carbons (Fsp3) is 0.864. The summed E-state index contributed by atoms with van der Waals surface area (Å²) in [4.78, 5) is 11.5. The number of ether oxygens (including phenoxy) is 6. The second-order valence-electron chi connectivity index (χ2n) is 8.79. The Balaban J connectivity index is 1.75. The topological polar surface area (TPSA) is 205 Å². The molecule has 38 heavy (non-hydrogen) atoms. The summed E-state index contributed by atoms with van der Waals surface area (Å²) in [5.41, 5.74) is 0. The monoisotopic (exact) mass is 550 g/mol. The van der Waals surface area contributed by atoms with Gasteiger partial charge in [0.1, 0.15) is 30.5 Å². The van der Waals surface area contributed by atoms with Crippen molar-refractivity contribution in [1.29, 1.82) is 0 Å². The van der Waals surface area contributed by atoms with Crippen LogP contribution in [0.4, 0.5) is 0 Å². The van der Waals surface area contributed by atoms with Gasteiger partial charge in [-0.3, -0.25) is 14.8 Å². The standard InChI is InChI=1S/C22H38N4O12/c1-14(29)35-21-19(31)17(13-28)38-22(20(21)32)37-15(10-23-25-2-6-33-7-3-25)16(12-27)36-18(30)11-24-26-4-8-34-9-5-26/h10-11,15-22,27-28,30-32H,2-9,12-13H2,1H3/b23-10-,24-11+/t15-,16+,17-,18-,19+,20+,21-,22-/m0/s1. The van der Waals surface area contributed by atoms with Gasteiger partial charge in [0.2, 0.25) is 0 Å². The molecule has 0 spiro atoms. The number of hydrogen-bond donors (Lipinski definition) is 5. The van der Waals surface area contributed by atoms with E-state index in [0.717, 1.165) is 13.1 Å². The molecule has 0 aromatic carbocycles. The number of esters is 1. The Hall–Kier alpha value is -1.99. The molecule has 16 heteroatoms. The van der Waals surface area contributed by atoms with Gasteiger partial charge in [-0.1, -0.05) is 0 Å². The van der Waals surface area contributed by atoms with E-state index in [1.165, 1.54) is 6.21 Å². The van der Waals surface area contributed by atoms with Gasteiger partial charge in [0.05, 0.1) is 78.2 Å². The van der Waals surface area contributed by atoms with Gasteiger partial charge in [0.25, 0.3) is 0 Å². The zero-order valence-electron chi connectivity index (χ0n) is 21.2. The van der Waals surface area contributed by atoms with Gasteiger partial charge in [-0.05, 0) is 0 Å². The maximum Gasteiger partial charge on any atom is 0.303 e. The fourth-order valence-electron chi connectivity index (χ4n) is 3.96. The summed E-state index contributed by atoms with van der Waals surface area (Å²) in [5, 5.41) is 63.1. The van der Waals surface area contributed by atoms with Gasteiger partial charge >= 0.3 is 5.97 Å². The number of aliphatic hydroxyl groups is 5. The van der Waals surface area contributed by atoms with Crippen molar-refractivity contribution >= 4 is 18.4 Å². The highest BCUT2D eigenvalue weighted by Crippen LogP contribution is 2.26. The normalized spacial score (nSPS) is 31.5. The lowest BCUT2D eigenvalue weighted by Gasteiger charge is -2.42. The Bertz CT molecular complexity index is 765. The summed E-state index contributed by atoms with van der Waals surface area (Å²) in [6.07, 6.45) is -8.91. The third-order valence-corrected chi connectivity index (χ3v) is 5.99. The van der Waals surface area contributed by atoms with Crippen LogP contribution in [0.1, 0.15) is 6.92 Å². The lowest BCUT2D eigenvalue weighted by atomic mass is 9.99. The van der Waals surface area contributed by atoms with Crippen LogP contribution in [0.3, 0.4) is 0 Å². The van der Waals surface area contributed by atoms with Gasteiger partial charge in [0, 0.05) is 6.92 Å². The van der Waals surface area contributed by atoms with Crippen molar-refractivity contribution in [2.45, 2.75) is 56.1 Å². The molecular weight excluding hydrogens is 512 g/mol. The Morgan fingerprint density at radius 3 is 2.11 bits per heavy atom. The largest absolute Gasteiger partial charge is 0.457 e. The van der Waals surface area contributed by atoms with Crippen LogP contribution in [0.2, 0.25) is 0 Å². The first-order valence-electron chi connectivity index (χ1n) is 12.5. The summed E-state index contributed by atoms with van der Waals surface area (Å²) in [6, 6.07) is 0. The van der Waals surface area contributed by atoms with Crippen molar-refractivity contribution in [3.8, 4) is 0 Å². The molecule has 0 aromatic heterocycles. The number of hydrogen-bond acceptors (Lipinski definition) is 16. The van der Waals surface area contributed by atoms with Crippen LogP contribution in [0, 0.1) is 0 Å². The lowest BCUT2D eigenvalue weighted by molar-refractivity contribution is -0.315. The number of carbonyl (C=O) groups is 1. The summed E-state index contributed by atoms with van der Waals surface area (Å²) in [5.74, 6) is -0.768. The fourth-order valence-corrected chi connectivity index (χ4v) is 3.96. The lowest BCUT2D eigenvalue weighted by Crippen LogP contribution is -2.61. The molecule has 0 saturated carbocycles. The van der Waals surface area contributed by atoms with Crippen LogP contribution >= 0.6 is 0 Å². The van der Waals surface area contributed by atoms with Crippen molar-refractivity contribution in [2.24, 2.45) is 10.2 Å². The van der Waals surface area contributed by atoms with E-state index < -0.39 is 68.4 Å². The molecule has 3 heterocycles. The molecule has 3 rings (SSSR count). The number of aliphatic hydroxyl groups excluding tert-OH is 5. The molecule has 0 bridgehead atoms. The van der Waals surface area contributed by atoms with Gasteiger partial charge in [-0.25, -0.2) is 0 Å². The SMILES string of the molecule is CC(=O)O[C@@H]1[C@@H](O)[C@@H](O[C@@H](/C=N\N2CCOCC2)[C@@H](CO)O[C@H](O)/C=N/N2CCOCC2)O[C@@H](CO)[C@H]1O. The van der Waals surface area contributed by atoms with Gasteiger partial charge in [-0.2, -0.15) is 10.2 Å². The predicted octanol–water partition coefficient (Wildman–Crippen LogP) is -3.93. The molecule has 0 unspecified atom stereocenters. The minimum atomic E-state index is -1.66. The first kappa shape index (κ1) is 30.6. The van der Waals surface area contributed by atoms with E-state index in [1.807, 2.05) is 0 Å². The second kappa shape index (κ2) is 15.6.